The van der Waals surface area contributed by atoms with E-state index >= 15 is 0 Å². The Morgan fingerprint density at radius 2 is 2.39 bits per heavy atom. The minimum atomic E-state index is -0.00315. The summed E-state index contributed by atoms with van der Waals surface area (Å²) in [6.45, 7) is 3.14. The fourth-order valence-corrected chi connectivity index (χ4v) is 2.72. The first-order valence-electron chi connectivity index (χ1n) is 5.82. The first-order chi connectivity index (χ1) is 8.61. The summed E-state index contributed by atoms with van der Waals surface area (Å²) >= 11 is 3.39. The van der Waals surface area contributed by atoms with Crippen LogP contribution in [-0.4, -0.2) is 25.0 Å². The van der Waals surface area contributed by atoms with Crippen LogP contribution in [0.25, 0.3) is 0 Å². The lowest BCUT2D eigenvalue weighted by Crippen LogP contribution is -2.35. The molecular formula is C13H14BrN3O. The molecule has 1 aromatic rings. The van der Waals surface area contributed by atoms with E-state index in [0.29, 0.717) is 5.56 Å². The molecule has 1 N–H and O–H groups in total. The fourth-order valence-electron chi connectivity index (χ4n) is 2.27. The minimum Gasteiger partial charge on any atom is -0.368 e. The molecule has 94 valence electrons. The molecule has 0 radical (unpaired) electrons. The Balaban J connectivity index is 2.17. The SMILES string of the molecule is CC(=O)NC1CCN(c2cccc(Br)c2C#N)C1. The van der Waals surface area contributed by atoms with E-state index in [9.17, 15) is 10.1 Å². The van der Waals surface area contributed by atoms with Gasteiger partial charge in [0.15, 0.2) is 0 Å². The zero-order chi connectivity index (χ0) is 13.1. The maximum absolute atomic E-state index is 11.0. The molecule has 1 aliphatic heterocycles. The molecule has 1 aliphatic rings. The minimum absolute atomic E-state index is 0.00315. The second-order valence-electron chi connectivity index (χ2n) is 4.38. The van der Waals surface area contributed by atoms with Crippen molar-refractivity contribution in [1.29, 1.82) is 5.26 Å². The third-order valence-corrected chi connectivity index (χ3v) is 3.70. The van der Waals surface area contributed by atoms with Gasteiger partial charge in [-0.2, -0.15) is 5.26 Å². The highest BCUT2D eigenvalue weighted by atomic mass is 79.9. The summed E-state index contributed by atoms with van der Waals surface area (Å²) in [5, 5.41) is 12.1. The van der Waals surface area contributed by atoms with E-state index in [1.165, 1.54) is 6.92 Å². The van der Waals surface area contributed by atoms with E-state index in [0.717, 1.165) is 29.7 Å². The van der Waals surface area contributed by atoms with E-state index in [1.54, 1.807) is 0 Å². The van der Waals surface area contributed by atoms with Gasteiger partial charge in [0, 0.05) is 30.5 Å². The summed E-state index contributed by atoms with van der Waals surface area (Å²) in [4.78, 5) is 13.2. The molecule has 1 aromatic carbocycles. The maximum atomic E-state index is 11.0. The first kappa shape index (κ1) is 12.9. The predicted molar refractivity (Wildman–Crippen MR) is 73.3 cm³/mol. The van der Waals surface area contributed by atoms with Crippen molar-refractivity contribution in [3.63, 3.8) is 0 Å². The highest BCUT2D eigenvalue weighted by Gasteiger charge is 2.25. The Morgan fingerprint density at radius 1 is 1.61 bits per heavy atom. The van der Waals surface area contributed by atoms with E-state index in [4.69, 9.17) is 0 Å². The van der Waals surface area contributed by atoms with Crippen LogP contribution in [0, 0.1) is 11.3 Å². The van der Waals surface area contributed by atoms with Gasteiger partial charge in [-0.3, -0.25) is 4.79 Å². The molecule has 0 bridgehead atoms. The number of nitrogens with zero attached hydrogens (tertiary/aromatic N) is 2. The molecule has 4 nitrogen and oxygen atoms in total. The molecule has 1 fully saturated rings. The molecule has 0 aliphatic carbocycles. The van der Waals surface area contributed by atoms with Crippen LogP contribution < -0.4 is 10.2 Å². The fraction of sp³-hybridized carbons (Fsp3) is 0.385. The molecule has 1 amide bonds. The lowest BCUT2D eigenvalue weighted by Gasteiger charge is -2.20. The van der Waals surface area contributed by atoms with Gasteiger partial charge in [0.1, 0.15) is 6.07 Å². The van der Waals surface area contributed by atoms with Crippen LogP contribution in [0.5, 0.6) is 0 Å². The van der Waals surface area contributed by atoms with Crippen molar-refractivity contribution in [2.75, 3.05) is 18.0 Å². The van der Waals surface area contributed by atoms with Crippen LogP contribution in [-0.2, 0) is 4.79 Å². The van der Waals surface area contributed by atoms with Crippen LogP contribution in [0.15, 0.2) is 22.7 Å². The van der Waals surface area contributed by atoms with Gasteiger partial charge < -0.3 is 10.2 Å². The van der Waals surface area contributed by atoms with Gasteiger partial charge >= 0.3 is 0 Å². The van der Waals surface area contributed by atoms with Crippen LogP contribution in [0.2, 0.25) is 0 Å². The summed E-state index contributed by atoms with van der Waals surface area (Å²) in [5.74, 6) is -0.00315. The number of carbonyl (C=O) groups is 1. The number of rotatable bonds is 2. The lowest BCUT2D eigenvalue weighted by atomic mass is 10.2. The Bertz CT molecular complexity index is 509. The van der Waals surface area contributed by atoms with Crippen LogP contribution in [0.4, 0.5) is 5.69 Å². The van der Waals surface area contributed by atoms with Crippen molar-refractivity contribution in [2.24, 2.45) is 0 Å². The highest BCUT2D eigenvalue weighted by molar-refractivity contribution is 9.10. The van der Waals surface area contributed by atoms with E-state index < -0.39 is 0 Å². The topological polar surface area (TPSA) is 56.1 Å². The van der Waals surface area contributed by atoms with Crippen molar-refractivity contribution in [3.8, 4) is 6.07 Å². The molecule has 1 unspecified atom stereocenters. The number of amides is 1. The quantitative estimate of drug-likeness (QED) is 0.909. The highest BCUT2D eigenvalue weighted by Crippen LogP contribution is 2.29. The summed E-state index contributed by atoms with van der Waals surface area (Å²) in [7, 11) is 0. The standard InChI is InChI=1S/C13H14BrN3O/c1-9(18)16-10-5-6-17(8-10)13-4-2-3-12(14)11(13)7-15/h2-4,10H,5-6,8H2,1H3,(H,16,18). The second-order valence-corrected chi connectivity index (χ2v) is 5.23. The number of nitriles is 1. The Hall–Kier alpha value is -1.54. The predicted octanol–water partition coefficient (Wildman–Crippen LogP) is 2.04. The summed E-state index contributed by atoms with van der Waals surface area (Å²) in [5.41, 5.74) is 1.58. The monoisotopic (exact) mass is 307 g/mol. The van der Waals surface area contributed by atoms with Crippen LogP contribution >= 0.6 is 15.9 Å². The van der Waals surface area contributed by atoms with Gasteiger partial charge in [-0.15, -0.1) is 0 Å². The molecule has 0 aromatic heterocycles. The third-order valence-electron chi connectivity index (χ3n) is 3.04. The second kappa shape index (κ2) is 5.40. The molecule has 0 spiro atoms. The largest absolute Gasteiger partial charge is 0.368 e. The van der Waals surface area contributed by atoms with Crippen LogP contribution in [0.1, 0.15) is 18.9 Å². The number of carbonyl (C=O) groups excluding carboxylic acids is 1. The molecule has 1 saturated heterocycles. The maximum Gasteiger partial charge on any atom is 0.217 e. The number of anilines is 1. The van der Waals surface area contributed by atoms with Crippen molar-refractivity contribution >= 4 is 27.5 Å². The van der Waals surface area contributed by atoms with Gasteiger partial charge in [-0.25, -0.2) is 0 Å². The summed E-state index contributed by atoms with van der Waals surface area (Å²) in [6.07, 6.45) is 0.914. The number of hydrogen-bond donors (Lipinski definition) is 1. The Kier molecular flexibility index (Phi) is 3.87. The first-order valence-corrected chi connectivity index (χ1v) is 6.61. The average Bonchev–Trinajstić information content (AvgIpc) is 2.76. The number of hydrogen-bond acceptors (Lipinski definition) is 3. The van der Waals surface area contributed by atoms with E-state index in [2.05, 4.69) is 32.2 Å². The van der Waals surface area contributed by atoms with Gasteiger partial charge in [-0.1, -0.05) is 6.07 Å². The zero-order valence-corrected chi connectivity index (χ0v) is 11.7. The smallest absolute Gasteiger partial charge is 0.217 e. The van der Waals surface area contributed by atoms with Gasteiger partial charge in [-0.05, 0) is 34.5 Å². The van der Waals surface area contributed by atoms with Crippen molar-refractivity contribution < 1.29 is 4.79 Å². The number of nitrogens with one attached hydrogen (secondary N) is 1. The molecule has 1 atom stereocenters. The van der Waals surface area contributed by atoms with E-state index in [1.807, 2.05) is 18.2 Å². The normalized spacial score (nSPS) is 18.5. The molecule has 18 heavy (non-hydrogen) atoms. The molecule has 0 saturated carbocycles. The van der Waals surface area contributed by atoms with Gasteiger partial charge in [0.2, 0.25) is 5.91 Å². The van der Waals surface area contributed by atoms with Crippen molar-refractivity contribution in [1.82, 2.24) is 5.32 Å². The van der Waals surface area contributed by atoms with Crippen LogP contribution in [0.3, 0.4) is 0 Å². The van der Waals surface area contributed by atoms with Gasteiger partial charge in [0.25, 0.3) is 0 Å². The number of benzene rings is 1. The zero-order valence-electron chi connectivity index (χ0n) is 10.1. The lowest BCUT2D eigenvalue weighted by molar-refractivity contribution is -0.119. The van der Waals surface area contributed by atoms with Gasteiger partial charge in [0.05, 0.1) is 11.3 Å². The van der Waals surface area contributed by atoms with E-state index in [-0.39, 0.29) is 11.9 Å². The third kappa shape index (κ3) is 2.65. The number of halogens is 1. The molecule has 2 rings (SSSR count). The average molecular weight is 308 g/mol. The Labute approximate surface area is 115 Å². The molecule has 5 heteroatoms. The van der Waals surface area contributed by atoms with Crippen molar-refractivity contribution in [3.05, 3.63) is 28.2 Å². The Morgan fingerprint density at radius 3 is 3.06 bits per heavy atom. The van der Waals surface area contributed by atoms with Crippen molar-refractivity contribution in [2.45, 2.75) is 19.4 Å². The summed E-state index contributed by atoms with van der Waals surface area (Å²) < 4.78 is 0.811. The molecular weight excluding hydrogens is 294 g/mol. The molecule has 1 heterocycles. The summed E-state index contributed by atoms with van der Waals surface area (Å²) in [6, 6.07) is 8.13.